The highest BCUT2D eigenvalue weighted by Gasteiger charge is 2.15. The molecule has 1 aliphatic heterocycles. The Morgan fingerprint density at radius 2 is 2.17 bits per heavy atom. The van der Waals surface area contributed by atoms with Crippen LogP contribution >= 0.6 is 12.4 Å². The van der Waals surface area contributed by atoms with Crippen molar-refractivity contribution < 1.29 is 14.3 Å². The van der Waals surface area contributed by atoms with Crippen molar-refractivity contribution in [3.8, 4) is 11.5 Å². The average Bonchev–Trinajstić information content (AvgIpc) is 3.00. The Hall–Kier alpha value is -1.46. The summed E-state index contributed by atoms with van der Waals surface area (Å²) in [6, 6.07) is 5.28. The summed E-state index contributed by atoms with van der Waals surface area (Å²) in [6.45, 7) is 6.77. The van der Waals surface area contributed by atoms with Crippen molar-refractivity contribution in [1.82, 2.24) is 10.6 Å². The van der Waals surface area contributed by atoms with Gasteiger partial charge < -0.3 is 20.1 Å². The molecule has 1 aliphatic rings. The summed E-state index contributed by atoms with van der Waals surface area (Å²) in [6.07, 6.45) is 2.28. The van der Waals surface area contributed by atoms with Gasteiger partial charge in [-0.15, -0.1) is 12.4 Å². The van der Waals surface area contributed by atoms with Crippen LogP contribution in [0.4, 0.5) is 0 Å². The predicted octanol–water partition coefficient (Wildman–Crippen LogP) is 2.63. The van der Waals surface area contributed by atoms with Gasteiger partial charge in [-0.1, -0.05) is 0 Å². The number of benzene rings is 1. The van der Waals surface area contributed by atoms with Gasteiger partial charge in [0.05, 0.1) is 13.2 Å². The molecule has 23 heavy (non-hydrogen) atoms. The Kier molecular flexibility index (Phi) is 8.20. The zero-order chi connectivity index (χ0) is 15.9. The van der Waals surface area contributed by atoms with Crippen LogP contribution in [-0.2, 0) is 0 Å². The maximum absolute atomic E-state index is 12.2. The topological polar surface area (TPSA) is 59.6 Å². The van der Waals surface area contributed by atoms with E-state index in [4.69, 9.17) is 9.47 Å². The maximum Gasteiger partial charge on any atom is 0.251 e. The molecule has 6 heteroatoms. The first-order valence-corrected chi connectivity index (χ1v) is 7.93. The van der Waals surface area contributed by atoms with Crippen LogP contribution in [0.3, 0.4) is 0 Å². The van der Waals surface area contributed by atoms with Gasteiger partial charge >= 0.3 is 0 Å². The van der Waals surface area contributed by atoms with E-state index in [1.165, 1.54) is 6.42 Å². The van der Waals surface area contributed by atoms with Crippen LogP contribution in [-0.4, -0.2) is 38.8 Å². The van der Waals surface area contributed by atoms with Crippen LogP contribution < -0.4 is 20.1 Å². The minimum atomic E-state index is -0.0691. The molecule has 0 spiro atoms. The fourth-order valence-corrected chi connectivity index (χ4v) is 2.61. The van der Waals surface area contributed by atoms with Gasteiger partial charge in [0.2, 0.25) is 0 Å². The zero-order valence-corrected chi connectivity index (χ0v) is 14.9. The van der Waals surface area contributed by atoms with Crippen LogP contribution in [0.2, 0.25) is 0 Å². The van der Waals surface area contributed by atoms with Crippen LogP contribution in [0.25, 0.3) is 0 Å². The van der Waals surface area contributed by atoms with Gasteiger partial charge in [0.15, 0.2) is 11.5 Å². The molecule has 1 amide bonds. The number of hydrogen-bond donors (Lipinski definition) is 2. The molecule has 1 saturated heterocycles. The van der Waals surface area contributed by atoms with Gasteiger partial charge in [0, 0.05) is 12.1 Å². The molecule has 0 aliphatic carbocycles. The Bertz CT molecular complexity index is 503. The number of carbonyl (C=O) groups is 1. The molecule has 1 atom stereocenters. The highest BCUT2D eigenvalue weighted by atomic mass is 35.5. The number of halogens is 1. The number of methoxy groups -OCH3 is 1. The van der Waals surface area contributed by atoms with Crippen LogP contribution in [0, 0.1) is 5.92 Å². The molecular weight excluding hydrogens is 316 g/mol. The van der Waals surface area contributed by atoms with Crippen molar-refractivity contribution in [2.24, 2.45) is 5.92 Å². The van der Waals surface area contributed by atoms with Crippen LogP contribution in [0.1, 0.15) is 37.0 Å². The molecule has 0 saturated carbocycles. The van der Waals surface area contributed by atoms with Gasteiger partial charge in [-0.3, -0.25) is 4.79 Å². The van der Waals surface area contributed by atoms with Gasteiger partial charge in [-0.2, -0.15) is 0 Å². The quantitative estimate of drug-likeness (QED) is 0.799. The van der Waals surface area contributed by atoms with E-state index < -0.39 is 0 Å². The number of ether oxygens (including phenoxy) is 2. The zero-order valence-electron chi connectivity index (χ0n) is 14.1. The lowest BCUT2D eigenvalue weighted by Crippen LogP contribution is -2.26. The molecule has 5 nitrogen and oxygen atoms in total. The highest BCUT2D eigenvalue weighted by Crippen LogP contribution is 2.28. The molecule has 0 bridgehead atoms. The molecule has 1 aromatic rings. The number of amides is 1. The number of hydrogen-bond acceptors (Lipinski definition) is 4. The second kappa shape index (κ2) is 9.63. The molecule has 1 fully saturated rings. The summed E-state index contributed by atoms with van der Waals surface area (Å²) in [7, 11) is 1.58. The van der Waals surface area contributed by atoms with Crippen LogP contribution in [0.15, 0.2) is 18.2 Å². The molecule has 1 heterocycles. The van der Waals surface area contributed by atoms with E-state index in [2.05, 4.69) is 10.6 Å². The lowest BCUT2D eigenvalue weighted by molar-refractivity contribution is 0.0951. The number of carbonyl (C=O) groups excluding carboxylic acids is 1. The summed E-state index contributed by atoms with van der Waals surface area (Å²) in [5, 5.41) is 6.31. The van der Waals surface area contributed by atoms with Crippen molar-refractivity contribution in [1.29, 1.82) is 0 Å². The first-order chi connectivity index (χ1) is 10.6. The van der Waals surface area contributed by atoms with E-state index in [1.54, 1.807) is 25.3 Å². The average molecular weight is 343 g/mol. The third-order valence-electron chi connectivity index (χ3n) is 3.79. The normalized spacial score (nSPS) is 16.8. The van der Waals surface area contributed by atoms with Gasteiger partial charge in [0.1, 0.15) is 0 Å². The highest BCUT2D eigenvalue weighted by molar-refractivity contribution is 5.94. The van der Waals surface area contributed by atoms with E-state index in [-0.39, 0.29) is 24.4 Å². The first kappa shape index (κ1) is 19.6. The number of nitrogens with one attached hydrogen (secondary N) is 2. The largest absolute Gasteiger partial charge is 0.493 e. The van der Waals surface area contributed by atoms with Gasteiger partial charge in [-0.05, 0) is 63.9 Å². The molecular formula is C17H27ClN2O3. The number of rotatable bonds is 7. The van der Waals surface area contributed by atoms with E-state index in [0.29, 0.717) is 29.5 Å². The minimum Gasteiger partial charge on any atom is -0.493 e. The summed E-state index contributed by atoms with van der Waals surface area (Å²) in [5.74, 6) is 1.85. The fraction of sp³-hybridized carbons (Fsp3) is 0.588. The Balaban J connectivity index is 0.00000264. The van der Waals surface area contributed by atoms with Crippen molar-refractivity contribution in [3.05, 3.63) is 23.8 Å². The monoisotopic (exact) mass is 342 g/mol. The Morgan fingerprint density at radius 1 is 1.39 bits per heavy atom. The van der Waals surface area contributed by atoms with Gasteiger partial charge in [0.25, 0.3) is 5.91 Å². The molecule has 2 N–H and O–H groups in total. The molecule has 130 valence electrons. The van der Waals surface area contributed by atoms with E-state index >= 15 is 0 Å². The van der Waals surface area contributed by atoms with Gasteiger partial charge in [-0.25, -0.2) is 0 Å². The van der Waals surface area contributed by atoms with E-state index in [9.17, 15) is 4.79 Å². The second-order valence-corrected chi connectivity index (χ2v) is 5.94. The van der Waals surface area contributed by atoms with Crippen molar-refractivity contribution in [3.63, 3.8) is 0 Å². The third kappa shape index (κ3) is 5.92. The lowest BCUT2D eigenvalue weighted by Gasteiger charge is -2.14. The summed E-state index contributed by atoms with van der Waals surface area (Å²) < 4.78 is 11.0. The Labute approximate surface area is 144 Å². The summed E-state index contributed by atoms with van der Waals surface area (Å²) >= 11 is 0. The fourth-order valence-electron chi connectivity index (χ4n) is 2.61. The minimum absolute atomic E-state index is 0. The molecule has 0 radical (unpaired) electrons. The molecule has 2 rings (SSSR count). The van der Waals surface area contributed by atoms with Crippen LogP contribution in [0.5, 0.6) is 11.5 Å². The first-order valence-electron chi connectivity index (χ1n) is 7.93. The van der Waals surface area contributed by atoms with E-state index in [1.807, 2.05) is 13.8 Å². The van der Waals surface area contributed by atoms with Crippen molar-refractivity contribution in [2.75, 3.05) is 26.7 Å². The summed E-state index contributed by atoms with van der Waals surface area (Å²) in [4.78, 5) is 12.2. The Morgan fingerprint density at radius 3 is 2.78 bits per heavy atom. The maximum atomic E-state index is 12.2. The standard InChI is InChI=1S/C17H26N2O3.ClH/c1-12(2)22-15-5-4-14(10-16(15)21-3)17(20)19-9-7-13-6-8-18-11-13;/h4-5,10,12-13,18H,6-9,11H2,1-3H3,(H,19,20);1H. The van der Waals surface area contributed by atoms with Crippen molar-refractivity contribution in [2.45, 2.75) is 32.8 Å². The predicted molar refractivity (Wildman–Crippen MR) is 93.9 cm³/mol. The lowest BCUT2D eigenvalue weighted by atomic mass is 10.1. The second-order valence-electron chi connectivity index (χ2n) is 5.94. The smallest absolute Gasteiger partial charge is 0.251 e. The molecule has 1 aromatic carbocycles. The SMILES string of the molecule is COc1cc(C(=O)NCCC2CCNC2)ccc1OC(C)C.Cl. The van der Waals surface area contributed by atoms with E-state index in [0.717, 1.165) is 19.5 Å². The third-order valence-corrected chi connectivity index (χ3v) is 3.79. The van der Waals surface area contributed by atoms with Crippen molar-refractivity contribution >= 4 is 18.3 Å². The molecule has 0 aromatic heterocycles. The molecule has 1 unspecified atom stereocenters. The summed E-state index contributed by atoms with van der Waals surface area (Å²) in [5.41, 5.74) is 0.595.